The highest BCUT2D eigenvalue weighted by atomic mass is 19.4. The maximum atomic E-state index is 11.8. The monoisotopic (exact) mass is 458 g/mol. The van der Waals surface area contributed by atoms with E-state index in [1.807, 2.05) is 28.9 Å². The molecule has 0 aliphatic carbocycles. The number of methoxy groups -OCH3 is 2. The first-order chi connectivity index (χ1) is 15.1. The first-order valence-corrected chi connectivity index (χ1v) is 9.54. The molecule has 0 radical (unpaired) electrons. The van der Waals surface area contributed by atoms with Gasteiger partial charge in [0.2, 0.25) is 5.91 Å². The molecule has 2 aromatic rings. The standard InChI is InChI=1S/C18H24N4O3.C2HF3O2/c1-19-18(23)8-15-12-21(11-14-4-5-20-22(14)15)10-13-6-16(24-2)9-17(7-13)25-3;3-2(4,5)1(6)7/h4-7,9,15H,8,10-12H2,1-3H3,(H,19,23);(H,6,7). The number of aromatic nitrogens is 2. The number of carbonyl (C=O) groups is 2. The van der Waals surface area contributed by atoms with Crippen molar-refractivity contribution in [1.82, 2.24) is 20.0 Å². The van der Waals surface area contributed by atoms with Crippen LogP contribution in [0.15, 0.2) is 30.5 Å². The normalized spacial score (nSPS) is 15.8. The molecule has 1 aliphatic rings. The van der Waals surface area contributed by atoms with Gasteiger partial charge in [-0.25, -0.2) is 4.79 Å². The van der Waals surface area contributed by atoms with Crippen LogP contribution in [0.2, 0.25) is 0 Å². The average molecular weight is 458 g/mol. The molecule has 3 rings (SSSR count). The SMILES string of the molecule is CNC(=O)CC1CN(Cc2cc(OC)cc(OC)c2)Cc2ccnn21.O=C(O)C(F)(F)F. The van der Waals surface area contributed by atoms with Crippen molar-refractivity contribution < 1.29 is 37.3 Å². The second-order valence-corrected chi connectivity index (χ2v) is 6.99. The molecule has 1 aliphatic heterocycles. The number of alkyl halides is 3. The minimum Gasteiger partial charge on any atom is -0.497 e. The lowest BCUT2D eigenvalue weighted by Crippen LogP contribution is -2.39. The summed E-state index contributed by atoms with van der Waals surface area (Å²) in [5, 5.41) is 14.2. The van der Waals surface area contributed by atoms with Crippen LogP contribution in [0.25, 0.3) is 0 Å². The van der Waals surface area contributed by atoms with E-state index in [1.54, 1.807) is 27.5 Å². The Labute approximate surface area is 182 Å². The van der Waals surface area contributed by atoms with Crippen LogP contribution in [-0.2, 0) is 22.7 Å². The number of hydrogen-bond acceptors (Lipinski definition) is 6. The fourth-order valence-electron chi connectivity index (χ4n) is 3.27. The van der Waals surface area contributed by atoms with Crippen LogP contribution in [0.1, 0.15) is 23.7 Å². The molecule has 0 bridgehead atoms. The van der Waals surface area contributed by atoms with Crippen LogP contribution in [-0.4, -0.2) is 65.7 Å². The zero-order chi connectivity index (χ0) is 23.9. The summed E-state index contributed by atoms with van der Waals surface area (Å²) in [7, 11) is 4.96. The lowest BCUT2D eigenvalue weighted by Gasteiger charge is -2.33. The maximum absolute atomic E-state index is 11.8. The van der Waals surface area contributed by atoms with E-state index in [-0.39, 0.29) is 11.9 Å². The summed E-state index contributed by atoms with van der Waals surface area (Å²) in [6.45, 7) is 2.31. The van der Waals surface area contributed by atoms with Gasteiger partial charge in [-0.1, -0.05) is 0 Å². The van der Waals surface area contributed by atoms with E-state index < -0.39 is 12.1 Å². The fourth-order valence-corrected chi connectivity index (χ4v) is 3.27. The number of carbonyl (C=O) groups excluding carboxylic acids is 1. The smallest absolute Gasteiger partial charge is 0.490 e. The molecule has 2 heterocycles. The van der Waals surface area contributed by atoms with Crippen molar-refractivity contribution in [3.8, 4) is 11.5 Å². The highest BCUT2D eigenvalue weighted by molar-refractivity contribution is 5.76. The van der Waals surface area contributed by atoms with Gasteiger partial charge in [0.1, 0.15) is 11.5 Å². The Kier molecular flexibility index (Phi) is 8.47. The number of rotatable bonds is 6. The lowest BCUT2D eigenvalue weighted by molar-refractivity contribution is -0.192. The minimum atomic E-state index is -5.08. The van der Waals surface area contributed by atoms with Gasteiger partial charge in [-0.3, -0.25) is 14.4 Å². The number of amides is 1. The van der Waals surface area contributed by atoms with Gasteiger partial charge >= 0.3 is 12.1 Å². The average Bonchev–Trinajstić information content (AvgIpc) is 3.22. The number of aliphatic carboxylic acids is 1. The topological polar surface area (TPSA) is 106 Å². The minimum absolute atomic E-state index is 0.0244. The zero-order valence-corrected chi connectivity index (χ0v) is 17.8. The van der Waals surface area contributed by atoms with E-state index in [9.17, 15) is 18.0 Å². The number of hydrogen-bond donors (Lipinski definition) is 2. The van der Waals surface area contributed by atoms with Gasteiger partial charge in [0.15, 0.2) is 0 Å². The number of carboxylic acids is 1. The molecule has 9 nitrogen and oxygen atoms in total. The van der Waals surface area contributed by atoms with Crippen LogP contribution in [0.3, 0.4) is 0 Å². The van der Waals surface area contributed by atoms with E-state index in [4.69, 9.17) is 19.4 Å². The zero-order valence-electron chi connectivity index (χ0n) is 17.8. The second kappa shape index (κ2) is 10.8. The van der Waals surface area contributed by atoms with Crippen LogP contribution < -0.4 is 14.8 Å². The molecule has 1 aromatic heterocycles. The Morgan fingerprint density at radius 1 is 1.22 bits per heavy atom. The summed E-state index contributed by atoms with van der Waals surface area (Å²) in [6.07, 6.45) is -2.87. The van der Waals surface area contributed by atoms with Crippen LogP contribution in [0.5, 0.6) is 11.5 Å². The van der Waals surface area contributed by atoms with Crippen molar-refractivity contribution in [2.45, 2.75) is 31.7 Å². The predicted octanol–water partition coefficient (Wildman–Crippen LogP) is 2.23. The van der Waals surface area contributed by atoms with Gasteiger partial charge in [-0.15, -0.1) is 0 Å². The molecule has 0 fully saturated rings. The number of fused-ring (bicyclic) bond motifs is 1. The molecular formula is C20H25F3N4O5. The summed E-state index contributed by atoms with van der Waals surface area (Å²) in [5.74, 6) is -1.18. The molecule has 2 N–H and O–H groups in total. The number of ether oxygens (including phenoxy) is 2. The molecule has 1 atom stereocenters. The first kappa shape index (κ1) is 25.0. The van der Waals surface area contributed by atoms with E-state index in [0.29, 0.717) is 6.42 Å². The third-order valence-corrected chi connectivity index (χ3v) is 4.71. The molecule has 1 amide bonds. The van der Waals surface area contributed by atoms with Crippen LogP contribution in [0.4, 0.5) is 13.2 Å². The van der Waals surface area contributed by atoms with Gasteiger partial charge in [0.25, 0.3) is 0 Å². The third kappa shape index (κ3) is 6.87. The quantitative estimate of drug-likeness (QED) is 0.684. The van der Waals surface area contributed by atoms with Crippen LogP contribution >= 0.6 is 0 Å². The fraction of sp³-hybridized carbons (Fsp3) is 0.450. The maximum Gasteiger partial charge on any atom is 0.490 e. The Hall–Kier alpha value is -3.28. The van der Waals surface area contributed by atoms with Gasteiger partial charge in [0.05, 0.1) is 32.4 Å². The number of benzene rings is 1. The van der Waals surface area contributed by atoms with E-state index in [2.05, 4.69) is 15.3 Å². The summed E-state index contributed by atoms with van der Waals surface area (Å²) in [4.78, 5) is 23.1. The number of nitrogens with zero attached hydrogens (tertiary/aromatic N) is 3. The third-order valence-electron chi connectivity index (χ3n) is 4.71. The number of nitrogens with one attached hydrogen (secondary N) is 1. The molecule has 0 spiro atoms. The van der Waals surface area contributed by atoms with Crippen molar-refractivity contribution in [2.24, 2.45) is 0 Å². The molecule has 1 unspecified atom stereocenters. The summed E-state index contributed by atoms with van der Waals surface area (Å²) >= 11 is 0. The number of halogens is 3. The van der Waals surface area contributed by atoms with Crippen LogP contribution in [0, 0.1) is 0 Å². The van der Waals surface area contributed by atoms with E-state index >= 15 is 0 Å². The molecule has 176 valence electrons. The van der Waals surface area contributed by atoms with Gasteiger partial charge in [0, 0.05) is 38.9 Å². The Morgan fingerprint density at radius 3 is 2.31 bits per heavy atom. The van der Waals surface area contributed by atoms with Crippen molar-refractivity contribution in [1.29, 1.82) is 0 Å². The van der Waals surface area contributed by atoms with Crippen molar-refractivity contribution in [2.75, 3.05) is 27.8 Å². The first-order valence-electron chi connectivity index (χ1n) is 9.54. The summed E-state index contributed by atoms with van der Waals surface area (Å²) < 4.78 is 44.4. The van der Waals surface area contributed by atoms with Crippen molar-refractivity contribution in [3.63, 3.8) is 0 Å². The highest BCUT2D eigenvalue weighted by Gasteiger charge is 2.38. The van der Waals surface area contributed by atoms with Gasteiger partial charge in [-0.2, -0.15) is 18.3 Å². The second-order valence-electron chi connectivity index (χ2n) is 6.99. The summed E-state index contributed by atoms with van der Waals surface area (Å²) in [6, 6.07) is 7.94. The molecule has 12 heteroatoms. The Bertz CT molecular complexity index is 910. The molecule has 0 saturated carbocycles. The molecule has 32 heavy (non-hydrogen) atoms. The predicted molar refractivity (Wildman–Crippen MR) is 107 cm³/mol. The van der Waals surface area contributed by atoms with E-state index in [1.165, 1.54) is 0 Å². The van der Waals surface area contributed by atoms with Gasteiger partial charge in [-0.05, 0) is 23.8 Å². The van der Waals surface area contributed by atoms with E-state index in [0.717, 1.165) is 42.4 Å². The van der Waals surface area contributed by atoms with Gasteiger partial charge < -0.3 is 19.9 Å². The molecular weight excluding hydrogens is 433 g/mol. The van der Waals surface area contributed by atoms with Crippen molar-refractivity contribution >= 4 is 11.9 Å². The molecule has 0 saturated heterocycles. The van der Waals surface area contributed by atoms with Crippen molar-refractivity contribution in [3.05, 3.63) is 41.7 Å². The Balaban J connectivity index is 0.000000451. The summed E-state index contributed by atoms with van der Waals surface area (Å²) in [5.41, 5.74) is 2.23. The largest absolute Gasteiger partial charge is 0.497 e. The Morgan fingerprint density at radius 2 is 1.81 bits per heavy atom. The lowest BCUT2D eigenvalue weighted by atomic mass is 10.1. The highest BCUT2D eigenvalue weighted by Crippen LogP contribution is 2.27. The number of carboxylic acid groups (broad SMARTS) is 1. The molecule has 1 aromatic carbocycles.